The molecule has 5 nitrogen and oxygen atoms in total. The molecule has 0 bridgehead atoms. The summed E-state index contributed by atoms with van der Waals surface area (Å²) in [5.41, 5.74) is 0. The van der Waals surface area contributed by atoms with Crippen molar-refractivity contribution in [1.82, 2.24) is 14.6 Å². The van der Waals surface area contributed by atoms with E-state index >= 15 is 0 Å². The van der Waals surface area contributed by atoms with Crippen LogP contribution in [0.5, 0.6) is 0 Å². The van der Waals surface area contributed by atoms with Gasteiger partial charge >= 0.3 is 0 Å². The molecule has 15 heavy (non-hydrogen) atoms. The molecule has 0 saturated heterocycles. The second-order valence-electron chi connectivity index (χ2n) is 3.37. The molecule has 0 aliphatic heterocycles. The minimum absolute atomic E-state index is 0.0590. The van der Waals surface area contributed by atoms with Gasteiger partial charge in [-0.25, -0.2) is 18.1 Å². The van der Waals surface area contributed by atoms with Crippen molar-refractivity contribution >= 4 is 10.0 Å². The van der Waals surface area contributed by atoms with E-state index in [1.807, 2.05) is 19.0 Å². The molecule has 0 saturated carbocycles. The summed E-state index contributed by atoms with van der Waals surface area (Å²) >= 11 is 0. The Morgan fingerprint density at radius 2 is 2.13 bits per heavy atom. The van der Waals surface area contributed by atoms with E-state index in [-0.39, 0.29) is 5.03 Å². The first kappa shape index (κ1) is 12.1. The Bertz CT molecular complexity index is 389. The third-order valence-corrected chi connectivity index (χ3v) is 3.14. The minimum Gasteiger partial charge on any atom is -0.308 e. The summed E-state index contributed by atoms with van der Waals surface area (Å²) in [6.45, 7) is 1.04. The second kappa shape index (κ2) is 5.20. The van der Waals surface area contributed by atoms with E-state index in [1.54, 1.807) is 12.1 Å². The highest BCUT2D eigenvalue weighted by Crippen LogP contribution is 2.01. The maximum atomic E-state index is 11.6. The molecule has 1 aromatic rings. The van der Waals surface area contributed by atoms with Crippen molar-refractivity contribution in [3.63, 3.8) is 0 Å². The zero-order valence-corrected chi connectivity index (χ0v) is 9.66. The predicted octanol–water partition coefficient (Wildman–Crippen LogP) is -0.0785. The third-order valence-electron chi connectivity index (χ3n) is 1.76. The van der Waals surface area contributed by atoms with E-state index in [0.29, 0.717) is 13.1 Å². The maximum absolute atomic E-state index is 11.6. The summed E-state index contributed by atoms with van der Waals surface area (Å²) in [5.74, 6) is 0. The average molecular weight is 229 g/mol. The molecule has 0 aliphatic carbocycles. The van der Waals surface area contributed by atoms with Crippen LogP contribution in [0.15, 0.2) is 29.4 Å². The van der Waals surface area contributed by atoms with Crippen LogP contribution in [0, 0.1) is 0 Å². The average Bonchev–Trinajstić information content (AvgIpc) is 2.18. The van der Waals surface area contributed by atoms with E-state index in [2.05, 4.69) is 9.71 Å². The van der Waals surface area contributed by atoms with Gasteiger partial charge in [0, 0.05) is 19.3 Å². The number of nitrogens with zero attached hydrogens (tertiary/aromatic N) is 2. The SMILES string of the molecule is CN(C)CCNS(=O)(=O)c1ccccn1. The van der Waals surface area contributed by atoms with Gasteiger partial charge in [-0.3, -0.25) is 0 Å². The van der Waals surface area contributed by atoms with E-state index in [1.165, 1.54) is 12.3 Å². The molecule has 0 spiro atoms. The number of hydrogen-bond donors (Lipinski definition) is 1. The van der Waals surface area contributed by atoms with E-state index < -0.39 is 10.0 Å². The van der Waals surface area contributed by atoms with E-state index in [4.69, 9.17) is 0 Å². The highest BCUT2D eigenvalue weighted by atomic mass is 32.2. The molecular weight excluding hydrogens is 214 g/mol. The van der Waals surface area contributed by atoms with Crippen LogP contribution < -0.4 is 4.72 Å². The highest BCUT2D eigenvalue weighted by molar-refractivity contribution is 7.89. The monoisotopic (exact) mass is 229 g/mol. The Morgan fingerprint density at radius 3 is 2.67 bits per heavy atom. The summed E-state index contributed by atoms with van der Waals surface area (Å²) in [7, 11) is 0.324. The van der Waals surface area contributed by atoms with Crippen LogP contribution in [0.1, 0.15) is 0 Å². The largest absolute Gasteiger partial charge is 0.308 e. The summed E-state index contributed by atoms with van der Waals surface area (Å²) in [6.07, 6.45) is 1.46. The van der Waals surface area contributed by atoms with Crippen LogP contribution in [0.25, 0.3) is 0 Å². The molecule has 0 fully saturated rings. The van der Waals surface area contributed by atoms with Crippen molar-refractivity contribution in [2.24, 2.45) is 0 Å². The lowest BCUT2D eigenvalue weighted by atomic mass is 10.5. The molecule has 6 heteroatoms. The van der Waals surface area contributed by atoms with Gasteiger partial charge < -0.3 is 4.90 Å². The third kappa shape index (κ3) is 3.94. The van der Waals surface area contributed by atoms with E-state index in [0.717, 1.165) is 0 Å². The quantitative estimate of drug-likeness (QED) is 0.767. The summed E-state index contributed by atoms with van der Waals surface area (Å²) in [6, 6.07) is 4.80. The molecule has 84 valence electrons. The molecule has 0 radical (unpaired) electrons. The standard InChI is InChI=1S/C9H15N3O2S/c1-12(2)8-7-11-15(13,14)9-5-3-4-6-10-9/h3-6,11H,7-8H2,1-2H3. The maximum Gasteiger partial charge on any atom is 0.258 e. The molecule has 0 aliphatic rings. The smallest absolute Gasteiger partial charge is 0.258 e. The number of pyridine rings is 1. The lowest BCUT2D eigenvalue weighted by Gasteiger charge is -2.10. The number of hydrogen-bond acceptors (Lipinski definition) is 4. The summed E-state index contributed by atoms with van der Waals surface area (Å²) in [5, 5.41) is 0.0590. The lowest BCUT2D eigenvalue weighted by Crippen LogP contribution is -2.31. The fraction of sp³-hybridized carbons (Fsp3) is 0.444. The number of aromatic nitrogens is 1. The fourth-order valence-electron chi connectivity index (χ4n) is 0.984. The van der Waals surface area contributed by atoms with Gasteiger partial charge in [0.25, 0.3) is 10.0 Å². The number of likely N-dealkylation sites (N-methyl/N-ethyl adjacent to an activating group) is 1. The van der Waals surface area contributed by atoms with Crippen LogP contribution in [0.2, 0.25) is 0 Å². The normalized spacial score (nSPS) is 11.9. The zero-order chi connectivity index (χ0) is 11.3. The van der Waals surface area contributed by atoms with Crippen LogP contribution in [-0.4, -0.2) is 45.5 Å². The molecule has 1 rings (SSSR count). The van der Waals surface area contributed by atoms with Crippen molar-refractivity contribution in [2.75, 3.05) is 27.2 Å². The molecule has 0 amide bonds. The van der Waals surface area contributed by atoms with Crippen molar-refractivity contribution < 1.29 is 8.42 Å². The zero-order valence-electron chi connectivity index (χ0n) is 8.84. The second-order valence-corrected chi connectivity index (χ2v) is 5.08. The van der Waals surface area contributed by atoms with Crippen molar-refractivity contribution in [2.45, 2.75) is 5.03 Å². The van der Waals surface area contributed by atoms with Gasteiger partial charge in [-0.15, -0.1) is 0 Å². The van der Waals surface area contributed by atoms with Crippen LogP contribution in [-0.2, 0) is 10.0 Å². The van der Waals surface area contributed by atoms with Gasteiger partial charge in [-0.2, -0.15) is 0 Å². The first-order valence-electron chi connectivity index (χ1n) is 4.58. The molecule has 1 heterocycles. The van der Waals surface area contributed by atoms with Gasteiger partial charge in [0.1, 0.15) is 0 Å². The minimum atomic E-state index is -3.44. The Balaban J connectivity index is 2.61. The van der Waals surface area contributed by atoms with Gasteiger partial charge in [0.05, 0.1) is 0 Å². The Kier molecular flexibility index (Phi) is 4.19. The van der Waals surface area contributed by atoms with Crippen molar-refractivity contribution in [3.8, 4) is 0 Å². The van der Waals surface area contributed by atoms with Crippen LogP contribution >= 0.6 is 0 Å². The van der Waals surface area contributed by atoms with Gasteiger partial charge in [0.15, 0.2) is 5.03 Å². The first-order chi connectivity index (χ1) is 7.02. The molecule has 1 N–H and O–H groups in total. The Labute approximate surface area is 90.2 Å². The van der Waals surface area contributed by atoms with Crippen LogP contribution in [0.3, 0.4) is 0 Å². The molecular formula is C9H15N3O2S. The highest BCUT2D eigenvalue weighted by Gasteiger charge is 2.13. The number of nitrogens with one attached hydrogen (secondary N) is 1. The summed E-state index contributed by atoms with van der Waals surface area (Å²) < 4.78 is 25.7. The molecule has 0 atom stereocenters. The topological polar surface area (TPSA) is 62.3 Å². The van der Waals surface area contributed by atoms with Crippen molar-refractivity contribution in [1.29, 1.82) is 0 Å². The van der Waals surface area contributed by atoms with Gasteiger partial charge in [0.2, 0.25) is 0 Å². The number of rotatable bonds is 5. The van der Waals surface area contributed by atoms with Crippen LogP contribution in [0.4, 0.5) is 0 Å². The van der Waals surface area contributed by atoms with Crippen molar-refractivity contribution in [3.05, 3.63) is 24.4 Å². The molecule has 0 aromatic carbocycles. The fourth-order valence-corrected chi connectivity index (χ4v) is 1.95. The Morgan fingerprint density at radius 1 is 1.40 bits per heavy atom. The van der Waals surface area contributed by atoms with Gasteiger partial charge in [-0.05, 0) is 26.2 Å². The predicted molar refractivity (Wildman–Crippen MR) is 58.0 cm³/mol. The lowest BCUT2D eigenvalue weighted by molar-refractivity contribution is 0.412. The Hall–Kier alpha value is -0.980. The summed E-state index contributed by atoms with van der Waals surface area (Å²) in [4.78, 5) is 5.69. The van der Waals surface area contributed by atoms with Gasteiger partial charge in [-0.1, -0.05) is 6.07 Å². The number of sulfonamides is 1. The molecule has 1 aromatic heterocycles. The first-order valence-corrected chi connectivity index (χ1v) is 6.06. The van der Waals surface area contributed by atoms with E-state index in [9.17, 15) is 8.42 Å². The molecule has 0 unspecified atom stereocenters.